The van der Waals surface area contributed by atoms with Crippen molar-refractivity contribution in [3.8, 4) is 28.4 Å². The molecule has 2 fully saturated rings. The molecule has 0 bridgehead atoms. The third kappa shape index (κ3) is 4.36. The molecule has 2 N–H and O–H groups in total. The van der Waals surface area contributed by atoms with Gasteiger partial charge in [-0.25, -0.2) is 9.97 Å². The fourth-order valence-corrected chi connectivity index (χ4v) is 5.71. The number of H-pyrrole nitrogens is 2. The summed E-state index contributed by atoms with van der Waals surface area (Å²) in [7, 11) is 2.17. The van der Waals surface area contributed by atoms with Gasteiger partial charge in [0.15, 0.2) is 11.5 Å². The normalized spacial score (nSPS) is 17.4. The molecule has 1 saturated heterocycles. The van der Waals surface area contributed by atoms with Crippen LogP contribution in [0.1, 0.15) is 32.1 Å². The predicted molar refractivity (Wildman–Crippen MR) is 149 cm³/mol. The fourth-order valence-electron chi connectivity index (χ4n) is 5.71. The van der Waals surface area contributed by atoms with Crippen LogP contribution in [0, 0.1) is 0 Å². The minimum absolute atomic E-state index is 0.293. The lowest BCUT2D eigenvalue weighted by Crippen LogP contribution is -2.44. The summed E-state index contributed by atoms with van der Waals surface area (Å²) in [6.07, 6.45) is 11.9. The molecule has 0 spiro atoms. The highest BCUT2D eigenvalue weighted by Gasteiger charge is 2.21. The maximum atomic E-state index is 6.27. The van der Waals surface area contributed by atoms with Gasteiger partial charge in [0.05, 0.1) is 23.5 Å². The van der Waals surface area contributed by atoms with Gasteiger partial charge < -0.3 is 19.5 Å². The second kappa shape index (κ2) is 9.72. The molecular weight excluding hydrogens is 476 g/mol. The van der Waals surface area contributed by atoms with Gasteiger partial charge in [-0.2, -0.15) is 5.10 Å². The van der Waals surface area contributed by atoms with Crippen LogP contribution < -0.4 is 9.64 Å². The van der Waals surface area contributed by atoms with Crippen LogP contribution in [0.25, 0.3) is 44.7 Å². The molecule has 9 heteroatoms. The number of imidazole rings is 1. The average Bonchev–Trinajstić information content (AvgIpc) is 3.58. The number of likely N-dealkylation sites (N-methyl/N-ethyl adjacent to an activating group) is 1. The van der Waals surface area contributed by atoms with Crippen LogP contribution in [0.5, 0.6) is 5.75 Å². The summed E-state index contributed by atoms with van der Waals surface area (Å²) < 4.78 is 6.27. The second-order valence-electron chi connectivity index (χ2n) is 10.5. The first-order chi connectivity index (χ1) is 18.7. The van der Waals surface area contributed by atoms with Gasteiger partial charge in [-0.1, -0.05) is 12.5 Å². The summed E-state index contributed by atoms with van der Waals surface area (Å²) in [6, 6.07) is 10.5. The number of aromatic nitrogens is 6. The molecule has 1 saturated carbocycles. The number of anilines is 1. The smallest absolute Gasteiger partial charge is 0.180 e. The van der Waals surface area contributed by atoms with Crippen molar-refractivity contribution in [2.75, 3.05) is 38.1 Å². The monoisotopic (exact) mass is 508 g/mol. The molecular formula is C29H32N8O. The van der Waals surface area contributed by atoms with Gasteiger partial charge in [0.1, 0.15) is 17.0 Å². The van der Waals surface area contributed by atoms with E-state index in [9.17, 15) is 0 Å². The Kier molecular flexibility index (Phi) is 5.92. The highest BCUT2D eigenvalue weighted by atomic mass is 16.5. The van der Waals surface area contributed by atoms with Gasteiger partial charge in [-0.3, -0.25) is 10.1 Å². The van der Waals surface area contributed by atoms with E-state index in [1.807, 2.05) is 18.6 Å². The van der Waals surface area contributed by atoms with Crippen molar-refractivity contribution < 1.29 is 4.74 Å². The largest absolute Gasteiger partial charge is 0.489 e. The van der Waals surface area contributed by atoms with Crippen LogP contribution in [-0.4, -0.2) is 74.4 Å². The van der Waals surface area contributed by atoms with Crippen molar-refractivity contribution in [3.05, 3.63) is 48.9 Å². The standard InChI is InChI=1S/C29H32N8O/c1-36-11-13-37(14-12-36)25-9-10-31-28-27(25)32-29(33-28)26-23-16-19(7-8-24(23)34-35-26)20-15-22(18-30-17-20)38-21-5-3-2-4-6-21/h7-10,15-18,21H,2-6,11-14H2,1H3,(H,34,35)(H,31,32,33). The van der Waals surface area contributed by atoms with Crippen LogP contribution in [0.3, 0.4) is 0 Å². The van der Waals surface area contributed by atoms with Gasteiger partial charge >= 0.3 is 0 Å². The Hall–Kier alpha value is -3.98. The molecule has 2 aliphatic rings. The quantitative estimate of drug-likeness (QED) is 0.344. The van der Waals surface area contributed by atoms with Crippen LogP contribution in [0.2, 0.25) is 0 Å². The highest BCUT2D eigenvalue weighted by molar-refractivity contribution is 5.96. The predicted octanol–water partition coefficient (Wildman–Crippen LogP) is 5.03. The zero-order valence-electron chi connectivity index (χ0n) is 21.7. The lowest BCUT2D eigenvalue weighted by molar-refractivity contribution is 0.154. The molecule has 5 aromatic rings. The number of nitrogens with one attached hydrogen (secondary N) is 2. The minimum Gasteiger partial charge on any atom is -0.489 e. The average molecular weight is 509 g/mol. The molecule has 4 aromatic heterocycles. The summed E-state index contributed by atoms with van der Waals surface area (Å²) in [5, 5.41) is 8.81. The van der Waals surface area contributed by atoms with E-state index in [4.69, 9.17) is 9.72 Å². The Morgan fingerprint density at radius 1 is 0.947 bits per heavy atom. The highest BCUT2D eigenvalue weighted by Crippen LogP contribution is 2.33. The second-order valence-corrected chi connectivity index (χ2v) is 10.5. The molecule has 0 unspecified atom stereocenters. The molecule has 5 heterocycles. The lowest BCUT2D eigenvalue weighted by Gasteiger charge is -2.34. The van der Waals surface area contributed by atoms with Gasteiger partial charge in [-0.15, -0.1) is 0 Å². The van der Waals surface area contributed by atoms with Crippen molar-refractivity contribution in [2.45, 2.75) is 38.2 Å². The zero-order chi connectivity index (χ0) is 25.5. The molecule has 38 heavy (non-hydrogen) atoms. The molecule has 9 nitrogen and oxygen atoms in total. The first-order valence-electron chi connectivity index (χ1n) is 13.6. The summed E-state index contributed by atoms with van der Waals surface area (Å²) in [6.45, 7) is 4.05. The van der Waals surface area contributed by atoms with E-state index in [0.717, 1.165) is 83.7 Å². The van der Waals surface area contributed by atoms with E-state index >= 15 is 0 Å². The van der Waals surface area contributed by atoms with E-state index in [1.165, 1.54) is 19.3 Å². The van der Waals surface area contributed by atoms with Crippen LogP contribution in [-0.2, 0) is 0 Å². The number of aromatic amines is 2. The lowest BCUT2D eigenvalue weighted by atomic mass is 9.98. The van der Waals surface area contributed by atoms with Crippen LogP contribution >= 0.6 is 0 Å². The van der Waals surface area contributed by atoms with Crippen molar-refractivity contribution in [1.29, 1.82) is 0 Å². The topological polar surface area (TPSA) is 98.9 Å². The van der Waals surface area contributed by atoms with Crippen LogP contribution in [0.15, 0.2) is 48.9 Å². The number of hydrogen-bond donors (Lipinski definition) is 2. The molecule has 0 radical (unpaired) electrons. The first kappa shape index (κ1) is 23.2. The minimum atomic E-state index is 0.293. The van der Waals surface area contributed by atoms with E-state index in [-0.39, 0.29) is 0 Å². The maximum Gasteiger partial charge on any atom is 0.180 e. The zero-order valence-corrected chi connectivity index (χ0v) is 21.7. The number of piperazine rings is 1. The maximum absolute atomic E-state index is 6.27. The van der Waals surface area contributed by atoms with Crippen molar-refractivity contribution >= 4 is 27.8 Å². The molecule has 1 aliphatic heterocycles. The number of nitrogens with zero attached hydrogens (tertiary/aromatic N) is 6. The molecule has 1 aromatic carbocycles. The Labute approximate surface area is 221 Å². The van der Waals surface area contributed by atoms with E-state index in [2.05, 4.69) is 72.3 Å². The van der Waals surface area contributed by atoms with Gasteiger partial charge in [0.25, 0.3) is 0 Å². The number of hydrogen-bond acceptors (Lipinski definition) is 7. The summed E-state index contributed by atoms with van der Waals surface area (Å²) in [5.41, 5.74) is 6.63. The van der Waals surface area contributed by atoms with Gasteiger partial charge in [0.2, 0.25) is 0 Å². The fraction of sp³-hybridized carbons (Fsp3) is 0.379. The summed E-state index contributed by atoms with van der Waals surface area (Å²) >= 11 is 0. The van der Waals surface area contributed by atoms with E-state index in [1.54, 1.807) is 0 Å². The van der Waals surface area contributed by atoms with E-state index < -0.39 is 0 Å². The number of pyridine rings is 2. The summed E-state index contributed by atoms with van der Waals surface area (Å²) in [4.78, 5) is 22.2. The van der Waals surface area contributed by atoms with Crippen molar-refractivity contribution in [3.63, 3.8) is 0 Å². The molecule has 0 atom stereocenters. The van der Waals surface area contributed by atoms with Crippen molar-refractivity contribution in [1.82, 2.24) is 35.0 Å². The van der Waals surface area contributed by atoms with Crippen LogP contribution in [0.4, 0.5) is 5.69 Å². The Bertz CT molecular complexity index is 1580. The van der Waals surface area contributed by atoms with Gasteiger partial charge in [-0.05, 0) is 62.6 Å². The molecule has 1 aliphatic carbocycles. The Morgan fingerprint density at radius 2 is 1.82 bits per heavy atom. The Balaban J connectivity index is 1.22. The van der Waals surface area contributed by atoms with Crippen molar-refractivity contribution in [2.24, 2.45) is 0 Å². The number of benzene rings is 1. The molecule has 194 valence electrons. The van der Waals surface area contributed by atoms with Gasteiger partial charge in [0, 0.05) is 49.5 Å². The third-order valence-corrected chi connectivity index (χ3v) is 7.90. The molecule has 0 amide bonds. The Morgan fingerprint density at radius 3 is 2.68 bits per heavy atom. The number of ether oxygens (including phenoxy) is 1. The van der Waals surface area contributed by atoms with E-state index in [0.29, 0.717) is 17.6 Å². The third-order valence-electron chi connectivity index (χ3n) is 7.90. The first-order valence-corrected chi connectivity index (χ1v) is 13.6. The number of fused-ring (bicyclic) bond motifs is 2. The number of rotatable bonds is 5. The molecule has 7 rings (SSSR count). The summed E-state index contributed by atoms with van der Waals surface area (Å²) in [5.74, 6) is 1.55. The SMILES string of the molecule is CN1CCN(c2ccnc3nc(-c4n[nH]c5ccc(-c6cncc(OC7CCCCC7)c6)cc45)[nH]c23)CC1.